The van der Waals surface area contributed by atoms with Crippen molar-refractivity contribution in [3.05, 3.63) is 52.5 Å². The van der Waals surface area contributed by atoms with Crippen LogP contribution in [0.3, 0.4) is 0 Å². The zero-order valence-corrected chi connectivity index (χ0v) is 13.9. The molecule has 2 aromatic carbocycles. The third kappa shape index (κ3) is 3.36. The Hall–Kier alpha value is -2.53. The van der Waals surface area contributed by atoms with Crippen molar-refractivity contribution in [2.45, 2.75) is 13.3 Å². The maximum atomic E-state index is 12.8. The Morgan fingerprint density at radius 3 is 2.33 bits per heavy atom. The van der Waals surface area contributed by atoms with Gasteiger partial charge in [0.25, 0.3) is 0 Å². The number of rotatable bonds is 4. The molecule has 0 aliphatic carbocycles. The molecule has 1 aliphatic heterocycles. The molecule has 0 radical (unpaired) electrons. The van der Waals surface area contributed by atoms with Crippen molar-refractivity contribution in [2.24, 2.45) is 0 Å². The number of amides is 1. The molecule has 24 heavy (non-hydrogen) atoms. The molecule has 2 aromatic rings. The molecule has 0 saturated heterocycles. The van der Waals surface area contributed by atoms with Crippen LogP contribution in [0.15, 0.2) is 36.4 Å². The normalized spacial score (nSPS) is 12.6. The van der Waals surface area contributed by atoms with Gasteiger partial charge in [-0.25, -0.2) is 0 Å². The zero-order valence-electron chi connectivity index (χ0n) is 13.1. The average Bonchev–Trinajstić information content (AvgIpc) is 2.61. The molecule has 5 nitrogen and oxygen atoms in total. The second-order valence-corrected chi connectivity index (χ2v) is 5.72. The first-order chi connectivity index (χ1) is 11.6. The molecule has 3 rings (SSSR count). The van der Waals surface area contributed by atoms with Crippen LogP contribution < -0.4 is 14.8 Å². The molecule has 6 heteroatoms. The van der Waals surface area contributed by atoms with Crippen LogP contribution >= 0.6 is 11.6 Å². The molecule has 124 valence electrons. The van der Waals surface area contributed by atoms with Crippen LogP contribution in [0.25, 0.3) is 0 Å². The lowest BCUT2D eigenvalue weighted by Crippen LogP contribution is -2.18. The molecule has 0 unspecified atom stereocenters. The minimum absolute atomic E-state index is 0.183. The zero-order chi connectivity index (χ0) is 17.1. The number of ketones is 1. The fourth-order valence-electron chi connectivity index (χ4n) is 2.38. The van der Waals surface area contributed by atoms with E-state index in [1.165, 1.54) is 0 Å². The topological polar surface area (TPSA) is 64.6 Å². The van der Waals surface area contributed by atoms with Crippen molar-refractivity contribution in [3.63, 3.8) is 0 Å². The van der Waals surface area contributed by atoms with Crippen LogP contribution in [0.5, 0.6) is 11.5 Å². The number of carbonyl (C=O) groups excluding carboxylic acids is 2. The summed E-state index contributed by atoms with van der Waals surface area (Å²) < 4.78 is 11.1. The lowest BCUT2D eigenvalue weighted by Gasteiger charge is -2.21. The highest BCUT2D eigenvalue weighted by atomic mass is 35.5. The van der Waals surface area contributed by atoms with Gasteiger partial charge in [0.15, 0.2) is 17.3 Å². The van der Waals surface area contributed by atoms with Crippen molar-refractivity contribution in [3.8, 4) is 11.5 Å². The van der Waals surface area contributed by atoms with E-state index in [9.17, 15) is 9.59 Å². The van der Waals surface area contributed by atoms with Crippen molar-refractivity contribution in [1.29, 1.82) is 0 Å². The molecular formula is C18H16ClNO4. The smallest absolute Gasteiger partial charge is 0.224 e. The van der Waals surface area contributed by atoms with E-state index in [0.29, 0.717) is 53.0 Å². The first kappa shape index (κ1) is 16.3. The highest BCUT2D eigenvalue weighted by Crippen LogP contribution is 2.36. The number of nitrogens with one attached hydrogen (secondary N) is 1. The summed E-state index contributed by atoms with van der Waals surface area (Å²) in [5, 5.41) is 3.30. The van der Waals surface area contributed by atoms with Gasteiger partial charge in [-0.3, -0.25) is 9.59 Å². The van der Waals surface area contributed by atoms with Gasteiger partial charge >= 0.3 is 0 Å². The Morgan fingerprint density at radius 2 is 1.71 bits per heavy atom. The van der Waals surface area contributed by atoms with Gasteiger partial charge in [-0.05, 0) is 30.3 Å². The third-order valence-corrected chi connectivity index (χ3v) is 3.88. The van der Waals surface area contributed by atoms with Gasteiger partial charge < -0.3 is 14.8 Å². The van der Waals surface area contributed by atoms with Crippen molar-refractivity contribution < 1.29 is 19.1 Å². The van der Waals surface area contributed by atoms with Crippen molar-refractivity contribution in [1.82, 2.24) is 0 Å². The second-order valence-electron chi connectivity index (χ2n) is 5.28. The summed E-state index contributed by atoms with van der Waals surface area (Å²) in [5.74, 6) is 0.597. The van der Waals surface area contributed by atoms with E-state index in [0.717, 1.165) is 0 Å². The van der Waals surface area contributed by atoms with Crippen LogP contribution in [0.4, 0.5) is 5.69 Å². The largest absolute Gasteiger partial charge is 0.486 e. The molecule has 1 aliphatic rings. The molecule has 0 fully saturated rings. The number of fused-ring (bicyclic) bond motifs is 1. The summed E-state index contributed by atoms with van der Waals surface area (Å²) in [4.78, 5) is 24.6. The van der Waals surface area contributed by atoms with Crippen molar-refractivity contribution >= 4 is 29.0 Å². The van der Waals surface area contributed by atoms with Crippen LogP contribution in [-0.4, -0.2) is 24.9 Å². The number of anilines is 1. The Bertz CT molecular complexity index is 786. The summed E-state index contributed by atoms with van der Waals surface area (Å²) >= 11 is 5.87. The fraction of sp³-hybridized carbons (Fsp3) is 0.222. The quantitative estimate of drug-likeness (QED) is 0.858. The molecule has 1 amide bonds. The molecular weight excluding hydrogens is 330 g/mol. The van der Waals surface area contributed by atoms with Gasteiger partial charge in [-0.1, -0.05) is 18.5 Å². The van der Waals surface area contributed by atoms with Gasteiger partial charge in [0.1, 0.15) is 13.2 Å². The van der Waals surface area contributed by atoms with Crippen LogP contribution in [0.2, 0.25) is 5.02 Å². The molecule has 1 heterocycles. The number of ether oxygens (including phenoxy) is 2. The molecule has 1 N–H and O–H groups in total. The van der Waals surface area contributed by atoms with Crippen molar-refractivity contribution in [2.75, 3.05) is 18.5 Å². The fourth-order valence-corrected chi connectivity index (χ4v) is 2.50. The van der Waals surface area contributed by atoms with Gasteiger partial charge in [0.2, 0.25) is 5.91 Å². The molecule has 0 atom stereocenters. The lowest BCUT2D eigenvalue weighted by molar-refractivity contribution is -0.115. The van der Waals surface area contributed by atoms with E-state index >= 15 is 0 Å². The van der Waals surface area contributed by atoms with E-state index < -0.39 is 0 Å². The van der Waals surface area contributed by atoms with E-state index in [1.807, 2.05) is 0 Å². The van der Waals surface area contributed by atoms with Gasteiger partial charge in [0, 0.05) is 23.1 Å². The van der Waals surface area contributed by atoms with E-state index in [2.05, 4.69) is 5.32 Å². The second kappa shape index (κ2) is 6.93. The molecule has 0 saturated carbocycles. The maximum Gasteiger partial charge on any atom is 0.224 e. The highest BCUT2D eigenvalue weighted by molar-refractivity contribution is 6.30. The Labute approximate surface area is 144 Å². The summed E-state index contributed by atoms with van der Waals surface area (Å²) in [6, 6.07) is 9.83. The lowest BCUT2D eigenvalue weighted by atomic mass is 10.0. The van der Waals surface area contributed by atoms with E-state index in [1.54, 1.807) is 43.3 Å². The minimum atomic E-state index is -0.227. The Balaban J connectivity index is 2.04. The third-order valence-electron chi connectivity index (χ3n) is 3.63. The van der Waals surface area contributed by atoms with Crippen LogP contribution in [-0.2, 0) is 4.79 Å². The van der Waals surface area contributed by atoms with E-state index in [-0.39, 0.29) is 11.7 Å². The summed E-state index contributed by atoms with van der Waals surface area (Å²) in [6.07, 6.45) is 0.309. The Morgan fingerprint density at radius 1 is 1.08 bits per heavy atom. The molecule has 0 aromatic heterocycles. The van der Waals surface area contributed by atoms with Crippen LogP contribution in [0, 0.1) is 0 Å². The highest BCUT2D eigenvalue weighted by Gasteiger charge is 2.21. The number of carbonyl (C=O) groups is 2. The number of halogens is 1. The summed E-state index contributed by atoms with van der Waals surface area (Å²) in [6.45, 7) is 2.59. The first-order valence-electron chi connectivity index (χ1n) is 7.62. The van der Waals surface area contributed by atoms with Gasteiger partial charge in [-0.15, -0.1) is 0 Å². The maximum absolute atomic E-state index is 12.8. The summed E-state index contributed by atoms with van der Waals surface area (Å²) in [7, 11) is 0. The number of hydrogen-bond acceptors (Lipinski definition) is 4. The van der Waals surface area contributed by atoms with E-state index in [4.69, 9.17) is 21.1 Å². The van der Waals surface area contributed by atoms with Crippen LogP contribution in [0.1, 0.15) is 29.3 Å². The SMILES string of the molecule is CCC(=O)Nc1cc2c(cc1C(=O)c1ccc(Cl)cc1)OCCO2. The minimum Gasteiger partial charge on any atom is -0.486 e. The van der Waals surface area contributed by atoms with Gasteiger partial charge in [0.05, 0.1) is 11.3 Å². The predicted molar refractivity (Wildman–Crippen MR) is 91.2 cm³/mol. The Kier molecular flexibility index (Phi) is 4.71. The molecule has 0 spiro atoms. The summed E-state index contributed by atoms with van der Waals surface area (Å²) in [5.41, 5.74) is 1.23. The number of hydrogen-bond donors (Lipinski definition) is 1. The average molecular weight is 346 g/mol. The first-order valence-corrected chi connectivity index (χ1v) is 8.00. The number of benzene rings is 2. The monoisotopic (exact) mass is 345 g/mol. The molecule has 0 bridgehead atoms. The predicted octanol–water partition coefficient (Wildman–Crippen LogP) is 3.69. The van der Waals surface area contributed by atoms with Gasteiger partial charge in [-0.2, -0.15) is 0 Å². The standard InChI is InChI=1S/C18H16ClNO4/c1-2-17(21)20-14-10-16-15(23-7-8-24-16)9-13(14)18(22)11-3-5-12(19)6-4-11/h3-6,9-10H,2,7-8H2,1H3,(H,20,21).